The van der Waals surface area contributed by atoms with Crippen LogP contribution in [0.3, 0.4) is 0 Å². The molecule has 4 heteroatoms. The van der Waals surface area contributed by atoms with Crippen LogP contribution in [0.4, 0.5) is 0 Å². The zero-order valence-corrected chi connectivity index (χ0v) is 11.1. The molecule has 2 fully saturated rings. The number of nitrogens with zero attached hydrogens (tertiary/aromatic N) is 1. The normalized spacial score (nSPS) is 35.4. The van der Waals surface area contributed by atoms with E-state index >= 15 is 0 Å². The van der Waals surface area contributed by atoms with Crippen molar-refractivity contribution < 1.29 is 9.53 Å². The Labute approximate surface area is 102 Å². The van der Waals surface area contributed by atoms with Crippen molar-refractivity contribution in [3.8, 4) is 0 Å². The number of thioether (sulfide) groups is 1. The maximum absolute atomic E-state index is 12.4. The minimum atomic E-state index is 0.0453. The summed E-state index contributed by atoms with van der Waals surface area (Å²) in [4.78, 5) is 14.4. The monoisotopic (exact) mass is 243 g/mol. The molecule has 0 spiro atoms. The van der Waals surface area contributed by atoms with Crippen LogP contribution in [0.15, 0.2) is 0 Å². The largest absolute Gasteiger partial charge is 0.356 e. The molecule has 2 aliphatic rings. The molecule has 2 heterocycles. The van der Waals surface area contributed by atoms with Crippen molar-refractivity contribution in [1.82, 2.24) is 4.90 Å². The first-order valence-corrected chi connectivity index (χ1v) is 7.25. The molecule has 92 valence electrons. The molecule has 2 saturated heterocycles. The van der Waals surface area contributed by atoms with Crippen LogP contribution < -0.4 is 0 Å². The fourth-order valence-electron chi connectivity index (χ4n) is 2.47. The molecule has 3 atom stereocenters. The minimum absolute atomic E-state index is 0.0453. The molecule has 16 heavy (non-hydrogen) atoms. The number of rotatable bonds is 2. The van der Waals surface area contributed by atoms with Gasteiger partial charge in [-0.3, -0.25) is 4.79 Å². The van der Waals surface area contributed by atoms with E-state index in [9.17, 15) is 4.79 Å². The van der Waals surface area contributed by atoms with Gasteiger partial charge in [-0.05, 0) is 18.1 Å². The van der Waals surface area contributed by atoms with Gasteiger partial charge in [0.05, 0.1) is 17.9 Å². The molecular formula is C12H21NO2S. The molecule has 0 bridgehead atoms. The van der Waals surface area contributed by atoms with Crippen molar-refractivity contribution in [1.29, 1.82) is 0 Å². The van der Waals surface area contributed by atoms with E-state index in [2.05, 4.69) is 20.8 Å². The average molecular weight is 243 g/mol. The molecule has 3 nitrogen and oxygen atoms in total. The van der Waals surface area contributed by atoms with E-state index in [4.69, 9.17) is 4.74 Å². The van der Waals surface area contributed by atoms with Crippen LogP contribution in [0, 0.1) is 5.92 Å². The first kappa shape index (κ1) is 12.2. The Morgan fingerprint density at radius 1 is 1.56 bits per heavy atom. The Morgan fingerprint density at radius 2 is 2.31 bits per heavy atom. The fourth-order valence-corrected chi connectivity index (χ4v) is 3.59. The summed E-state index contributed by atoms with van der Waals surface area (Å²) in [6, 6.07) is 0.283. The second-order valence-corrected chi connectivity index (χ2v) is 6.21. The summed E-state index contributed by atoms with van der Waals surface area (Å²) >= 11 is 1.79. The first-order valence-electron chi connectivity index (χ1n) is 6.20. The maximum atomic E-state index is 12.4. The van der Waals surface area contributed by atoms with Gasteiger partial charge >= 0.3 is 0 Å². The Morgan fingerprint density at radius 3 is 2.94 bits per heavy atom. The second kappa shape index (κ2) is 4.96. The van der Waals surface area contributed by atoms with Gasteiger partial charge in [0, 0.05) is 6.42 Å². The molecule has 1 amide bonds. The lowest BCUT2D eigenvalue weighted by molar-refractivity contribution is -0.137. The van der Waals surface area contributed by atoms with Gasteiger partial charge in [0.15, 0.2) is 0 Å². The summed E-state index contributed by atoms with van der Waals surface area (Å²) in [6.45, 7) is 7.15. The van der Waals surface area contributed by atoms with Crippen LogP contribution in [-0.4, -0.2) is 40.7 Å². The minimum Gasteiger partial charge on any atom is -0.356 e. The summed E-state index contributed by atoms with van der Waals surface area (Å²) in [5.41, 5.74) is 0. The van der Waals surface area contributed by atoms with Crippen LogP contribution in [0.5, 0.6) is 0 Å². The van der Waals surface area contributed by atoms with Gasteiger partial charge in [-0.25, -0.2) is 0 Å². The van der Waals surface area contributed by atoms with E-state index in [0.717, 1.165) is 25.2 Å². The number of fused-ring (bicyclic) bond motifs is 1. The smallest absolute Gasteiger partial charge is 0.238 e. The highest BCUT2D eigenvalue weighted by Gasteiger charge is 2.42. The predicted octanol–water partition coefficient (Wildman–Crippen LogP) is 2.11. The highest BCUT2D eigenvalue weighted by molar-refractivity contribution is 8.00. The fraction of sp³-hybridized carbons (Fsp3) is 0.917. The van der Waals surface area contributed by atoms with Crippen LogP contribution in [0.1, 0.15) is 33.6 Å². The molecule has 0 radical (unpaired) electrons. The molecule has 0 aliphatic carbocycles. The summed E-state index contributed by atoms with van der Waals surface area (Å²) in [6.07, 6.45) is 1.96. The van der Waals surface area contributed by atoms with Crippen molar-refractivity contribution in [3.63, 3.8) is 0 Å². The molecular weight excluding hydrogens is 222 g/mol. The van der Waals surface area contributed by atoms with Crippen molar-refractivity contribution in [2.45, 2.75) is 51.1 Å². The first-order chi connectivity index (χ1) is 7.65. The summed E-state index contributed by atoms with van der Waals surface area (Å²) in [7, 11) is 0. The van der Waals surface area contributed by atoms with Crippen LogP contribution in [-0.2, 0) is 9.53 Å². The summed E-state index contributed by atoms with van der Waals surface area (Å²) < 4.78 is 5.77. The number of hydrogen-bond donors (Lipinski definition) is 0. The Balaban J connectivity index is 2.19. The van der Waals surface area contributed by atoms with Crippen LogP contribution >= 0.6 is 11.8 Å². The zero-order valence-electron chi connectivity index (χ0n) is 10.3. The van der Waals surface area contributed by atoms with E-state index < -0.39 is 0 Å². The van der Waals surface area contributed by atoms with E-state index in [1.54, 1.807) is 11.8 Å². The third kappa shape index (κ3) is 2.09. The number of amides is 1. The van der Waals surface area contributed by atoms with Gasteiger partial charge in [-0.15, -0.1) is 11.8 Å². The van der Waals surface area contributed by atoms with E-state index in [0.29, 0.717) is 11.8 Å². The van der Waals surface area contributed by atoms with Gasteiger partial charge in [-0.1, -0.05) is 20.8 Å². The number of carbonyl (C=O) groups excluding carboxylic acids is 1. The quantitative estimate of drug-likeness (QED) is 0.744. The molecule has 0 aromatic heterocycles. The third-order valence-electron chi connectivity index (χ3n) is 3.48. The third-order valence-corrected chi connectivity index (χ3v) is 4.89. The van der Waals surface area contributed by atoms with Crippen molar-refractivity contribution in [2.75, 3.05) is 12.4 Å². The Kier molecular flexibility index (Phi) is 3.80. The van der Waals surface area contributed by atoms with Crippen LogP contribution in [0.25, 0.3) is 0 Å². The van der Waals surface area contributed by atoms with Crippen molar-refractivity contribution >= 4 is 17.7 Å². The molecule has 0 N–H and O–H groups in total. The van der Waals surface area contributed by atoms with E-state index in [1.165, 1.54) is 0 Å². The molecule has 2 aliphatic heterocycles. The second-order valence-electron chi connectivity index (χ2n) is 4.90. The van der Waals surface area contributed by atoms with Gasteiger partial charge in [0.2, 0.25) is 5.91 Å². The molecule has 2 rings (SSSR count). The highest BCUT2D eigenvalue weighted by atomic mass is 32.2. The lowest BCUT2D eigenvalue weighted by Gasteiger charge is -2.30. The molecule has 0 aromatic carbocycles. The average Bonchev–Trinajstić information content (AvgIpc) is 2.61. The van der Waals surface area contributed by atoms with E-state index in [-0.39, 0.29) is 17.5 Å². The predicted molar refractivity (Wildman–Crippen MR) is 66.4 cm³/mol. The Hall–Kier alpha value is -0.220. The van der Waals surface area contributed by atoms with E-state index in [1.807, 2.05) is 4.90 Å². The molecule has 0 saturated carbocycles. The number of ether oxygens (including phenoxy) is 1. The summed E-state index contributed by atoms with van der Waals surface area (Å²) in [5.74, 6) is 1.82. The number of hydrogen-bond acceptors (Lipinski definition) is 3. The van der Waals surface area contributed by atoms with Gasteiger partial charge < -0.3 is 9.64 Å². The zero-order chi connectivity index (χ0) is 11.7. The topological polar surface area (TPSA) is 29.5 Å². The van der Waals surface area contributed by atoms with Crippen molar-refractivity contribution in [3.05, 3.63) is 0 Å². The van der Waals surface area contributed by atoms with Gasteiger partial charge in [0.1, 0.15) is 6.23 Å². The lowest BCUT2D eigenvalue weighted by atomic mass is 10.0. The van der Waals surface area contributed by atoms with Gasteiger partial charge in [-0.2, -0.15) is 0 Å². The standard InChI is InChI=1S/C12H21NO2S/c1-4-10-12(14)13-9(8(2)3)7-15-11(13)5-6-16-10/h8-11H,4-7H2,1-3H3/t9-,10+,11-/m1/s1. The number of carbonyl (C=O) groups is 1. The van der Waals surface area contributed by atoms with Gasteiger partial charge in [0.25, 0.3) is 0 Å². The highest BCUT2D eigenvalue weighted by Crippen LogP contribution is 2.33. The summed E-state index contributed by atoms with van der Waals surface area (Å²) in [5, 5.41) is 0.146. The lowest BCUT2D eigenvalue weighted by Crippen LogP contribution is -2.46. The SMILES string of the molecule is CC[C@@H]1SCC[C@H]2OC[C@H](C(C)C)N2C1=O. The Bertz CT molecular complexity index is 270. The maximum Gasteiger partial charge on any atom is 0.238 e. The molecule has 0 aromatic rings. The van der Waals surface area contributed by atoms with Crippen molar-refractivity contribution in [2.24, 2.45) is 5.92 Å². The van der Waals surface area contributed by atoms with Crippen LogP contribution in [0.2, 0.25) is 0 Å². The molecule has 0 unspecified atom stereocenters.